The molecule has 0 aliphatic heterocycles. The van der Waals surface area contributed by atoms with Crippen molar-refractivity contribution in [1.82, 2.24) is 0 Å². The van der Waals surface area contributed by atoms with Crippen LogP contribution in [0.4, 0.5) is 0 Å². The molecular weight excluding hydrogens is 128 g/mol. The van der Waals surface area contributed by atoms with Crippen molar-refractivity contribution in [2.75, 3.05) is 0 Å². The standard InChI is InChI=1S/C8H9S/c1-2-7-5-3-4-6-8(7)9/h3-5,9H,2H2,1H3. The van der Waals surface area contributed by atoms with Gasteiger partial charge in [-0.2, -0.15) is 0 Å². The van der Waals surface area contributed by atoms with Crippen molar-refractivity contribution in [3.63, 3.8) is 0 Å². The lowest BCUT2D eigenvalue weighted by molar-refractivity contribution is 1.08. The first-order valence-electron chi connectivity index (χ1n) is 3.03. The van der Waals surface area contributed by atoms with E-state index in [-0.39, 0.29) is 0 Å². The minimum absolute atomic E-state index is 0.972. The normalized spacial score (nSPS) is 9.56. The van der Waals surface area contributed by atoms with Crippen molar-refractivity contribution >= 4 is 12.6 Å². The van der Waals surface area contributed by atoms with E-state index in [9.17, 15) is 0 Å². The second-order valence-corrected chi connectivity index (χ2v) is 2.34. The maximum absolute atomic E-state index is 4.22. The van der Waals surface area contributed by atoms with Crippen LogP contribution in [-0.4, -0.2) is 0 Å². The van der Waals surface area contributed by atoms with E-state index in [2.05, 4.69) is 31.7 Å². The van der Waals surface area contributed by atoms with Gasteiger partial charge < -0.3 is 0 Å². The van der Waals surface area contributed by atoms with Gasteiger partial charge in [-0.05, 0) is 18.1 Å². The Labute approximate surface area is 61.3 Å². The van der Waals surface area contributed by atoms with Crippen LogP contribution in [0.15, 0.2) is 23.1 Å². The topological polar surface area (TPSA) is 0 Å². The first kappa shape index (κ1) is 6.69. The number of thiol groups is 1. The lowest BCUT2D eigenvalue weighted by atomic mass is 10.2. The molecular formula is C8H9S. The molecule has 47 valence electrons. The molecule has 0 nitrogen and oxygen atoms in total. The summed E-state index contributed by atoms with van der Waals surface area (Å²) in [6, 6.07) is 8.94. The highest BCUT2D eigenvalue weighted by molar-refractivity contribution is 7.80. The third-order valence-corrected chi connectivity index (χ3v) is 1.72. The summed E-state index contributed by atoms with van der Waals surface area (Å²) in [7, 11) is 0. The third kappa shape index (κ3) is 1.49. The Hall–Kier alpha value is -0.430. The minimum Gasteiger partial charge on any atom is -0.143 e. The Balaban J connectivity index is 3.01. The Morgan fingerprint density at radius 2 is 2.44 bits per heavy atom. The number of hydrogen-bond acceptors (Lipinski definition) is 1. The molecule has 1 radical (unpaired) electrons. The Bertz CT molecular complexity index is 194. The largest absolute Gasteiger partial charge is 0.143 e. The Kier molecular flexibility index (Phi) is 2.17. The molecule has 1 aromatic rings. The van der Waals surface area contributed by atoms with Crippen molar-refractivity contribution in [2.24, 2.45) is 0 Å². The zero-order chi connectivity index (χ0) is 6.69. The van der Waals surface area contributed by atoms with Crippen LogP contribution in [0.2, 0.25) is 0 Å². The van der Waals surface area contributed by atoms with Crippen molar-refractivity contribution < 1.29 is 0 Å². The quantitative estimate of drug-likeness (QED) is 0.564. The Morgan fingerprint density at radius 3 is 2.89 bits per heavy atom. The van der Waals surface area contributed by atoms with Gasteiger partial charge in [0.05, 0.1) is 0 Å². The molecule has 0 saturated heterocycles. The SMILES string of the molecule is CCc1ccc[c]c1S. The van der Waals surface area contributed by atoms with Crippen molar-refractivity contribution in [3.8, 4) is 0 Å². The summed E-state index contributed by atoms with van der Waals surface area (Å²) in [6.07, 6.45) is 1.04. The van der Waals surface area contributed by atoms with Gasteiger partial charge in [-0.3, -0.25) is 0 Å². The summed E-state index contributed by atoms with van der Waals surface area (Å²) in [6.45, 7) is 2.11. The lowest BCUT2D eigenvalue weighted by Crippen LogP contribution is -1.79. The molecule has 1 heteroatoms. The fraction of sp³-hybridized carbons (Fsp3) is 0.250. The zero-order valence-electron chi connectivity index (χ0n) is 5.39. The number of rotatable bonds is 1. The van der Waals surface area contributed by atoms with E-state index < -0.39 is 0 Å². The van der Waals surface area contributed by atoms with E-state index in [0.29, 0.717) is 0 Å². The molecule has 0 spiro atoms. The van der Waals surface area contributed by atoms with Gasteiger partial charge in [0, 0.05) is 4.90 Å². The molecule has 0 aromatic heterocycles. The van der Waals surface area contributed by atoms with E-state index in [0.717, 1.165) is 11.3 Å². The van der Waals surface area contributed by atoms with E-state index in [1.165, 1.54) is 5.56 Å². The van der Waals surface area contributed by atoms with Crippen LogP contribution in [-0.2, 0) is 6.42 Å². The third-order valence-electron chi connectivity index (χ3n) is 1.30. The van der Waals surface area contributed by atoms with Crippen LogP contribution in [0, 0.1) is 6.07 Å². The number of hydrogen-bond donors (Lipinski definition) is 1. The predicted octanol–water partition coefficient (Wildman–Crippen LogP) is 2.34. The molecule has 0 saturated carbocycles. The molecule has 0 amide bonds. The fourth-order valence-electron chi connectivity index (χ4n) is 0.748. The monoisotopic (exact) mass is 137 g/mol. The average Bonchev–Trinajstić information content (AvgIpc) is 1.89. The number of benzene rings is 1. The van der Waals surface area contributed by atoms with E-state index in [1.54, 1.807) is 0 Å². The summed E-state index contributed by atoms with van der Waals surface area (Å²) in [5.74, 6) is 0. The van der Waals surface area contributed by atoms with Gasteiger partial charge in [0.15, 0.2) is 0 Å². The fourth-order valence-corrected chi connectivity index (χ4v) is 1.06. The molecule has 0 aliphatic carbocycles. The van der Waals surface area contributed by atoms with Crippen molar-refractivity contribution in [1.29, 1.82) is 0 Å². The van der Waals surface area contributed by atoms with Gasteiger partial charge >= 0.3 is 0 Å². The molecule has 9 heavy (non-hydrogen) atoms. The second kappa shape index (κ2) is 2.92. The van der Waals surface area contributed by atoms with Gasteiger partial charge in [0.1, 0.15) is 0 Å². The molecule has 0 atom stereocenters. The second-order valence-electron chi connectivity index (χ2n) is 1.90. The van der Waals surface area contributed by atoms with Crippen LogP contribution >= 0.6 is 12.6 Å². The first-order valence-corrected chi connectivity index (χ1v) is 3.48. The van der Waals surface area contributed by atoms with Gasteiger partial charge in [0.2, 0.25) is 0 Å². The van der Waals surface area contributed by atoms with Gasteiger partial charge in [-0.15, -0.1) is 12.6 Å². The van der Waals surface area contributed by atoms with Gasteiger partial charge in [0.25, 0.3) is 0 Å². The van der Waals surface area contributed by atoms with Gasteiger partial charge in [-0.25, -0.2) is 0 Å². The van der Waals surface area contributed by atoms with Crippen LogP contribution in [0.1, 0.15) is 12.5 Å². The average molecular weight is 137 g/mol. The zero-order valence-corrected chi connectivity index (χ0v) is 6.28. The maximum atomic E-state index is 4.22. The van der Waals surface area contributed by atoms with Crippen LogP contribution < -0.4 is 0 Å². The highest BCUT2D eigenvalue weighted by Crippen LogP contribution is 2.11. The van der Waals surface area contributed by atoms with Gasteiger partial charge in [-0.1, -0.05) is 25.1 Å². The van der Waals surface area contributed by atoms with E-state index in [4.69, 9.17) is 0 Å². The molecule has 0 unspecified atom stereocenters. The molecule has 0 aliphatic rings. The summed E-state index contributed by atoms with van der Waals surface area (Å²) in [4.78, 5) is 0.972. The molecule has 0 fully saturated rings. The summed E-state index contributed by atoms with van der Waals surface area (Å²) in [5, 5.41) is 0. The summed E-state index contributed by atoms with van der Waals surface area (Å²) < 4.78 is 0. The van der Waals surface area contributed by atoms with Crippen molar-refractivity contribution in [3.05, 3.63) is 29.8 Å². The lowest BCUT2D eigenvalue weighted by Gasteiger charge is -1.96. The minimum atomic E-state index is 0.972. The first-order chi connectivity index (χ1) is 4.34. The van der Waals surface area contributed by atoms with Crippen LogP contribution in [0.3, 0.4) is 0 Å². The molecule has 0 N–H and O–H groups in total. The molecule has 0 bridgehead atoms. The number of aryl methyl sites for hydroxylation is 1. The summed E-state index contributed by atoms with van der Waals surface area (Å²) >= 11 is 4.22. The van der Waals surface area contributed by atoms with Crippen LogP contribution in [0.5, 0.6) is 0 Å². The molecule has 1 aromatic carbocycles. The van der Waals surface area contributed by atoms with E-state index >= 15 is 0 Å². The predicted molar refractivity (Wildman–Crippen MR) is 41.9 cm³/mol. The van der Waals surface area contributed by atoms with Crippen molar-refractivity contribution in [2.45, 2.75) is 18.2 Å². The van der Waals surface area contributed by atoms with Crippen LogP contribution in [0.25, 0.3) is 0 Å². The summed E-state index contributed by atoms with van der Waals surface area (Å²) in [5.41, 5.74) is 1.26. The maximum Gasteiger partial charge on any atom is 0.0151 e. The molecule has 1 rings (SSSR count). The van der Waals surface area contributed by atoms with E-state index in [1.807, 2.05) is 12.1 Å². The smallest absolute Gasteiger partial charge is 0.0151 e. The Morgan fingerprint density at radius 1 is 1.67 bits per heavy atom. The molecule has 0 heterocycles. The highest BCUT2D eigenvalue weighted by atomic mass is 32.1. The highest BCUT2D eigenvalue weighted by Gasteiger charge is 1.91.